The number of nitrogens with zero attached hydrogens (tertiary/aromatic N) is 2. The van der Waals surface area contributed by atoms with Crippen molar-refractivity contribution in [1.29, 1.82) is 0 Å². The lowest BCUT2D eigenvalue weighted by Crippen LogP contribution is -2.21. The highest BCUT2D eigenvalue weighted by Crippen LogP contribution is 2.21. The lowest BCUT2D eigenvalue weighted by Gasteiger charge is -2.18. The third-order valence-corrected chi connectivity index (χ3v) is 3.73. The fraction of sp³-hybridized carbons (Fsp3) is 0.400. The second-order valence-electron chi connectivity index (χ2n) is 4.72. The Hall–Kier alpha value is -1.13. The lowest BCUT2D eigenvalue weighted by molar-refractivity contribution is 0.515. The smallest absolute Gasteiger partial charge is 0.0521 e. The molecular weight excluding hydrogens is 302 g/mol. The van der Waals surface area contributed by atoms with Gasteiger partial charge < -0.3 is 5.32 Å². The number of rotatable bonds is 6. The Bertz CT molecular complexity index is 504. The second-order valence-corrected chi connectivity index (χ2v) is 5.64. The Morgan fingerprint density at radius 2 is 2.05 bits per heavy atom. The molecule has 0 radical (unpaired) electrons. The summed E-state index contributed by atoms with van der Waals surface area (Å²) in [6, 6.07) is 8.97. The van der Waals surface area contributed by atoms with E-state index in [0.29, 0.717) is 6.04 Å². The fourth-order valence-corrected chi connectivity index (χ4v) is 2.50. The highest BCUT2D eigenvalue weighted by molar-refractivity contribution is 9.10. The summed E-state index contributed by atoms with van der Waals surface area (Å²) >= 11 is 3.48. The Balaban J connectivity index is 2.01. The quantitative estimate of drug-likeness (QED) is 0.883. The number of hydrogen-bond acceptors (Lipinski definition) is 2. The summed E-state index contributed by atoms with van der Waals surface area (Å²) in [7, 11) is 1.96. The predicted octanol–water partition coefficient (Wildman–Crippen LogP) is 3.47. The zero-order valence-electron chi connectivity index (χ0n) is 11.4. The second kappa shape index (κ2) is 6.87. The van der Waals surface area contributed by atoms with E-state index in [2.05, 4.69) is 63.7 Å². The number of nitrogens with one attached hydrogen (secondary N) is 1. The van der Waals surface area contributed by atoms with E-state index in [9.17, 15) is 0 Å². The van der Waals surface area contributed by atoms with Crippen molar-refractivity contribution in [2.45, 2.75) is 25.8 Å². The van der Waals surface area contributed by atoms with Crippen LogP contribution in [0.4, 0.5) is 0 Å². The Morgan fingerprint density at radius 1 is 1.32 bits per heavy atom. The average Bonchev–Trinajstić information content (AvgIpc) is 2.81. The number of benzene rings is 1. The molecule has 0 fully saturated rings. The molecule has 19 heavy (non-hydrogen) atoms. The molecule has 0 spiro atoms. The van der Waals surface area contributed by atoms with Gasteiger partial charge in [-0.15, -0.1) is 0 Å². The van der Waals surface area contributed by atoms with Gasteiger partial charge in [0.2, 0.25) is 0 Å². The van der Waals surface area contributed by atoms with Crippen LogP contribution in [0.25, 0.3) is 0 Å². The molecule has 1 heterocycles. The van der Waals surface area contributed by atoms with Crippen LogP contribution in [0.1, 0.15) is 30.5 Å². The van der Waals surface area contributed by atoms with E-state index in [1.54, 1.807) is 0 Å². The van der Waals surface area contributed by atoms with Crippen LogP contribution < -0.4 is 5.32 Å². The molecule has 0 saturated heterocycles. The van der Waals surface area contributed by atoms with Crippen LogP contribution in [0.5, 0.6) is 0 Å². The van der Waals surface area contributed by atoms with Crippen LogP contribution in [0.2, 0.25) is 0 Å². The fourth-order valence-electron chi connectivity index (χ4n) is 2.24. The first-order valence-corrected chi connectivity index (χ1v) is 7.44. The van der Waals surface area contributed by atoms with Crippen LogP contribution in [-0.4, -0.2) is 16.3 Å². The van der Waals surface area contributed by atoms with Crippen molar-refractivity contribution in [1.82, 2.24) is 15.1 Å². The highest BCUT2D eigenvalue weighted by atomic mass is 79.9. The molecule has 1 N–H and O–H groups in total. The van der Waals surface area contributed by atoms with E-state index in [0.717, 1.165) is 23.9 Å². The van der Waals surface area contributed by atoms with Crippen molar-refractivity contribution in [3.05, 3.63) is 52.3 Å². The maximum absolute atomic E-state index is 4.21. The minimum atomic E-state index is 0.401. The molecule has 2 aromatic rings. The molecule has 0 aliphatic carbocycles. The van der Waals surface area contributed by atoms with Crippen molar-refractivity contribution in [2.24, 2.45) is 7.05 Å². The SMILES string of the molecule is CCNC(CCc1cnn(C)c1)c1ccc(Br)cc1. The van der Waals surface area contributed by atoms with Gasteiger partial charge in [-0.2, -0.15) is 5.10 Å². The molecule has 3 nitrogen and oxygen atoms in total. The van der Waals surface area contributed by atoms with Gasteiger partial charge in [0, 0.05) is 23.8 Å². The summed E-state index contributed by atoms with van der Waals surface area (Å²) < 4.78 is 2.98. The molecule has 102 valence electrons. The van der Waals surface area contributed by atoms with Crippen molar-refractivity contribution < 1.29 is 0 Å². The van der Waals surface area contributed by atoms with Crippen LogP contribution in [0.15, 0.2) is 41.1 Å². The van der Waals surface area contributed by atoms with Gasteiger partial charge in [-0.05, 0) is 42.6 Å². The first kappa shape index (κ1) is 14.3. The average molecular weight is 322 g/mol. The maximum Gasteiger partial charge on any atom is 0.0521 e. The van der Waals surface area contributed by atoms with Gasteiger partial charge in [-0.25, -0.2) is 0 Å². The summed E-state index contributed by atoms with van der Waals surface area (Å²) in [5, 5.41) is 7.77. The van der Waals surface area contributed by atoms with Crippen molar-refractivity contribution in [2.75, 3.05) is 6.54 Å². The third-order valence-electron chi connectivity index (χ3n) is 3.20. The molecule has 2 rings (SSSR count). The summed E-state index contributed by atoms with van der Waals surface area (Å²) in [6.45, 7) is 3.13. The van der Waals surface area contributed by atoms with Gasteiger partial charge in [-0.3, -0.25) is 4.68 Å². The molecule has 0 amide bonds. The van der Waals surface area contributed by atoms with E-state index >= 15 is 0 Å². The molecule has 1 aromatic carbocycles. The van der Waals surface area contributed by atoms with E-state index in [4.69, 9.17) is 0 Å². The zero-order chi connectivity index (χ0) is 13.7. The molecule has 0 aliphatic heterocycles. The van der Waals surface area contributed by atoms with Crippen LogP contribution >= 0.6 is 15.9 Å². The number of halogens is 1. The van der Waals surface area contributed by atoms with Gasteiger partial charge in [0.25, 0.3) is 0 Å². The molecule has 0 saturated carbocycles. The van der Waals surface area contributed by atoms with Crippen LogP contribution in [0, 0.1) is 0 Å². The normalized spacial score (nSPS) is 12.6. The molecule has 0 aliphatic rings. The monoisotopic (exact) mass is 321 g/mol. The summed E-state index contributed by atoms with van der Waals surface area (Å²) in [5.41, 5.74) is 2.64. The molecule has 1 aromatic heterocycles. The minimum Gasteiger partial charge on any atom is -0.310 e. The zero-order valence-corrected chi connectivity index (χ0v) is 13.0. The first-order chi connectivity index (χ1) is 9.19. The minimum absolute atomic E-state index is 0.401. The van der Waals surface area contributed by atoms with Crippen LogP contribution in [0.3, 0.4) is 0 Å². The van der Waals surface area contributed by atoms with Crippen LogP contribution in [-0.2, 0) is 13.5 Å². The van der Waals surface area contributed by atoms with Crippen molar-refractivity contribution >= 4 is 15.9 Å². The number of hydrogen-bond donors (Lipinski definition) is 1. The van der Waals surface area contributed by atoms with Gasteiger partial charge in [-0.1, -0.05) is 35.0 Å². The topological polar surface area (TPSA) is 29.9 Å². The van der Waals surface area contributed by atoms with Gasteiger partial charge >= 0.3 is 0 Å². The maximum atomic E-state index is 4.21. The van der Waals surface area contributed by atoms with E-state index < -0.39 is 0 Å². The Labute approximate surface area is 123 Å². The van der Waals surface area contributed by atoms with Crippen molar-refractivity contribution in [3.8, 4) is 0 Å². The van der Waals surface area contributed by atoms with E-state index in [1.807, 2.05) is 17.9 Å². The third kappa shape index (κ3) is 4.18. The molecule has 1 unspecified atom stereocenters. The summed E-state index contributed by atoms with van der Waals surface area (Å²) in [6.07, 6.45) is 6.16. The molecule has 1 atom stereocenters. The van der Waals surface area contributed by atoms with Crippen molar-refractivity contribution in [3.63, 3.8) is 0 Å². The van der Waals surface area contributed by atoms with Gasteiger partial charge in [0.1, 0.15) is 0 Å². The number of aryl methyl sites for hydroxylation is 2. The largest absolute Gasteiger partial charge is 0.310 e. The highest BCUT2D eigenvalue weighted by Gasteiger charge is 2.10. The molecule has 4 heteroatoms. The van der Waals surface area contributed by atoms with E-state index in [1.165, 1.54) is 11.1 Å². The number of aromatic nitrogens is 2. The van der Waals surface area contributed by atoms with Gasteiger partial charge in [0.15, 0.2) is 0 Å². The summed E-state index contributed by atoms with van der Waals surface area (Å²) in [5.74, 6) is 0. The first-order valence-electron chi connectivity index (χ1n) is 6.65. The Morgan fingerprint density at radius 3 is 2.63 bits per heavy atom. The predicted molar refractivity (Wildman–Crippen MR) is 82.1 cm³/mol. The lowest BCUT2D eigenvalue weighted by atomic mass is 10.0. The molecular formula is C15H20BrN3. The standard InChI is InChI=1S/C15H20BrN3/c1-3-17-15(13-5-7-14(16)8-6-13)9-4-12-10-18-19(2)11-12/h5-8,10-11,15,17H,3-4,9H2,1-2H3. The Kier molecular flexibility index (Phi) is 5.16. The van der Waals surface area contributed by atoms with E-state index in [-0.39, 0.29) is 0 Å². The summed E-state index contributed by atoms with van der Waals surface area (Å²) in [4.78, 5) is 0. The van der Waals surface area contributed by atoms with Gasteiger partial charge in [0.05, 0.1) is 6.20 Å². The molecule has 0 bridgehead atoms.